The number of carbonyl (C=O) groups excluding carboxylic acids is 1. The third-order valence-corrected chi connectivity index (χ3v) is 5.28. The van der Waals surface area contributed by atoms with Gasteiger partial charge in [-0.3, -0.25) is 4.79 Å². The van der Waals surface area contributed by atoms with E-state index in [2.05, 4.69) is 10.1 Å². The van der Waals surface area contributed by atoms with Gasteiger partial charge < -0.3 is 9.42 Å². The lowest BCUT2D eigenvalue weighted by Crippen LogP contribution is -2.52. The van der Waals surface area contributed by atoms with E-state index in [-0.39, 0.29) is 11.4 Å². The zero-order valence-corrected chi connectivity index (χ0v) is 11.3. The minimum absolute atomic E-state index is 0.129. The van der Waals surface area contributed by atoms with Crippen LogP contribution in [0, 0.1) is 0 Å². The van der Waals surface area contributed by atoms with Crippen molar-refractivity contribution in [3.05, 3.63) is 17.0 Å². The second-order valence-corrected chi connectivity index (χ2v) is 6.28. The monoisotopic (exact) mass is 260 g/mol. The van der Waals surface area contributed by atoms with Crippen LogP contribution in [0.4, 0.5) is 0 Å². The molecule has 1 aromatic heterocycles. The Morgan fingerprint density at radius 2 is 1.89 bits per heavy atom. The van der Waals surface area contributed by atoms with Crippen LogP contribution in [0.3, 0.4) is 0 Å². The molecule has 1 spiro atoms. The fourth-order valence-corrected chi connectivity index (χ4v) is 4.04. The first kappa shape index (κ1) is 11.5. The van der Waals surface area contributed by atoms with Crippen LogP contribution in [-0.4, -0.2) is 28.0 Å². The van der Waals surface area contributed by atoms with E-state index in [0.29, 0.717) is 5.69 Å². The quantitative estimate of drug-likeness (QED) is 0.780. The van der Waals surface area contributed by atoms with E-state index in [1.807, 2.05) is 0 Å². The summed E-state index contributed by atoms with van der Waals surface area (Å²) in [6.07, 6.45) is 10.2. The third-order valence-electron chi connectivity index (χ3n) is 5.28. The van der Waals surface area contributed by atoms with E-state index in [0.717, 1.165) is 50.0 Å². The van der Waals surface area contributed by atoms with Crippen LogP contribution in [-0.2, 0) is 12.8 Å². The van der Waals surface area contributed by atoms with Crippen LogP contribution in [0.5, 0.6) is 0 Å². The summed E-state index contributed by atoms with van der Waals surface area (Å²) in [5.74, 6) is 1.08. The molecule has 19 heavy (non-hydrogen) atoms. The normalized spacial score (nSPS) is 24.3. The molecule has 1 saturated carbocycles. The predicted molar refractivity (Wildman–Crippen MR) is 70.0 cm³/mol. The van der Waals surface area contributed by atoms with Crippen LogP contribution in [0.2, 0.25) is 0 Å². The summed E-state index contributed by atoms with van der Waals surface area (Å²) >= 11 is 0. The largest absolute Gasteiger partial charge is 0.360 e. The van der Waals surface area contributed by atoms with Gasteiger partial charge >= 0.3 is 0 Å². The first-order chi connectivity index (χ1) is 9.30. The number of aryl methyl sites for hydroxylation is 1. The molecular formula is C15H20N2O2. The maximum absolute atomic E-state index is 12.8. The van der Waals surface area contributed by atoms with Gasteiger partial charge in [0.15, 0.2) is 5.69 Å². The number of hydrogen-bond donors (Lipinski definition) is 0. The van der Waals surface area contributed by atoms with Gasteiger partial charge in [0.25, 0.3) is 5.91 Å². The minimum atomic E-state index is 0.129. The van der Waals surface area contributed by atoms with Gasteiger partial charge in [0, 0.05) is 24.1 Å². The van der Waals surface area contributed by atoms with Crippen molar-refractivity contribution in [1.29, 1.82) is 0 Å². The number of nitrogens with zero attached hydrogens (tertiary/aromatic N) is 2. The van der Waals surface area contributed by atoms with E-state index < -0.39 is 0 Å². The molecule has 1 aliphatic heterocycles. The highest BCUT2D eigenvalue weighted by atomic mass is 16.5. The second kappa shape index (κ2) is 4.09. The first-order valence-corrected chi connectivity index (χ1v) is 7.60. The lowest BCUT2D eigenvalue weighted by atomic mass is 9.74. The maximum Gasteiger partial charge on any atom is 0.276 e. The number of carbonyl (C=O) groups is 1. The van der Waals surface area contributed by atoms with E-state index in [4.69, 9.17) is 4.52 Å². The Bertz CT molecular complexity index is 516. The Kier molecular flexibility index (Phi) is 2.47. The molecule has 1 aromatic rings. The van der Waals surface area contributed by atoms with Crippen molar-refractivity contribution in [3.8, 4) is 0 Å². The molecule has 0 atom stereocenters. The Balaban J connectivity index is 1.65. The molecule has 0 unspecified atom stereocenters. The molecule has 102 valence electrons. The minimum Gasteiger partial charge on any atom is -0.360 e. The van der Waals surface area contributed by atoms with Crippen molar-refractivity contribution in [1.82, 2.24) is 10.1 Å². The van der Waals surface area contributed by atoms with Gasteiger partial charge in [-0.1, -0.05) is 5.16 Å². The molecule has 0 bridgehead atoms. The molecule has 0 radical (unpaired) electrons. The standard InChI is InChI=1S/C15H20N2O2/c18-14(17-10-4-9-15(17)7-3-8-15)13-11-5-1-2-6-12(11)19-16-13/h1-10H2. The third kappa shape index (κ3) is 1.58. The summed E-state index contributed by atoms with van der Waals surface area (Å²) in [5.41, 5.74) is 1.89. The number of hydrogen-bond acceptors (Lipinski definition) is 3. The molecule has 1 amide bonds. The molecular weight excluding hydrogens is 240 g/mol. The van der Waals surface area contributed by atoms with Crippen LogP contribution >= 0.6 is 0 Å². The van der Waals surface area contributed by atoms with E-state index >= 15 is 0 Å². The highest BCUT2D eigenvalue weighted by Crippen LogP contribution is 2.46. The number of rotatable bonds is 1. The van der Waals surface area contributed by atoms with Crippen molar-refractivity contribution in [2.75, 3.05) is 6.54 Å². The SMILES string of the molecule is O=C(c1noc2c1CCCC2)N1CCCC12CCC2. The molecule has 0 N–H and O–H groups in total. The summed E-state index contributed by atoms with van der Waals surface area (Å²) in [6.45, 7) is 0.903. The van der Waals surface area contributed by atoms with Crippen molar-refractivity contribution < 1.29 is 9.32 Å². The first-order valence-electron chi connectivity index (χ1n) is 7.60. The molecule has 2 fully saturated rings. The van der Waals surface area contributed by atoms with Crippen molar-refractivity contribution in [2.24, 2.45) is 0 Å². The Labute approximate surface area is 113 Å². The van der Waals surface area contributed by atoms with Crippen LogP contribution < -0.4 is 0 Å². The Morgan fingerprint density at radius 3 is 2.68 bits per heavy atom. The molecule has 4 heteroatoms. The van der Waals surface area contributed by atoms with E-state index in [9.17, 15) is 4.79 Å². The number of amides is 1. The van der Waals surface area contributed by atoms with Gasteiger partial charge in [-0.2, -0.15) is 0 Å². The van der Waals surface area contributed by atoms with Gasteiger partial charge in [0.05, 0.1) is 0 Å². The highest BCUT2D eigenvalue weighted by Gasteiger charge is 2.48. The second-order valence-electron chi connectivity index (χ2n) is 6.28. The molecule has 3 aliphatic rings. The molecule has 4 nitrogen and oxygen atoms in total. The van der Waals surface area contributed by atoms with Crippen molar-refractivity contribution >= 4 is 5.91 Å². The summed E-state index contributed by atoms with van der Waals surface area (Å²) in [7, 11) is 0. The Morgan fingerprint density at radius 1 is 1.11 bits per heavy atom. The van der Waals surface area contributed by atoms with Gasteiger partial charge in [-0.05, 0) is 51.4 Å². The molecule has 2 aliphatic carbocycles. The van der Waals surface area contributed by atoms with Gasteiger partial charge in [-0.25, -0.2) is 0 Å². The molecule has 0 aromatic carbocycles. The predicted octanol–water partition coefficient (Wildman–Crippen LogP) is 2.71. The Hall–Kier alpha value is -1.32. The summed E-state index contributed by atoms with van der Waals surface area (Å²) in [5, 5.41) is 4.10. The number of likely N-dealkylation sites (tertiary alicyclic amines) is 1. The summed E-state index contributed by atoms with van der Waals surface area (Å²) < 4.78 is 5.39. The fourth-order valence-electron chi connectivity index (χ4n) is 4.04. The van der Waals surface area contributed by atoms with E-state index in [1.165, 1.54) is 25.7 Å². The van der Waals surface area contributed by atoms with Crippen molar-refractivity contribution in [3.63, 3.8) is 0 Å². The average molecular weight is 260 g/mol. The molecule has 4 rings (SSSR count). The van der Waals surface area contributed by atoms with Gasteiger partial charge in [-0.15, -0.1) is 0 Å². The lowest BCUT2D eigenvalue weighted by Gasteiger charge is -2.45. The zero-order valence-electron chi connectivity index (χ0n) is 11.3. The van der Waals surface area contributed by atoms with E-state index in [1.54, 1.807) is 0 Å². The van der Waals surface area contributed by atoms with Crippen LogP contribution in [0.1, 0.15) is 66.8 Å². The zero-order chi connectivity index (χ0) is 12.9. The smallest absolute Gasteiger partial charge is 0.276 e. The number of aromatic nitrogens is 1. The van der Waals surface area contributed by atoms with Gasteiger partial charge in [0.2, 0.25) is 0 Å². The average Bonchev–Trinajstić information content (AvgIpc) is 3.01. The fraction of sp³-hybridized carbons (Fsp3) is 0.733. The molecule has 1 saturated heterocycles. The van der Waals surface area contributed by atoms with Gasteiger partial charge in [0.1, 0.15) is 5.76 Å². The number of fused-ring (bicyclic) bond motifs is 1. The van der Waals surface area contributed by atoms with Crippen molar-refractivity contribution in [2.45, 2.75) is 63.3 Å². The molecule has 2 heterocycles. The van der Waals surface area contributed by atoms with Crippen LogP contribution in [0.15, 0.2) is 4.52 Å². The van der Waals surface area contributed by atoms with Crippen LogP contribution in [0.25, 0.3) is 0 Å². The highest BCUT2D eigenvalue weighted by molar-refractivity contribution is 5.94. The topological polar surface area (TPSA) is 46.3 Å². The summed E-state index contributed by atoms with van der Waals surface area (Å²) in [4.78, 5) is 14.9. The maximum atomic E-state index is 12.8. The summed E-state index contributed by atoms with van der Waals surface area (Å²) in [6, 6.07) is 0. The lowest BCUT2D eigenvalue weighted by molar-refractivity contribution is 0.0357.